The van der Waals surface area contributed by atoms with Crippen LogP contribution in [-0.2, 0) is 0 Å². The maximum Gasteiger partial charge on any atom is 0.273 e. The van der Waals surface area contributed by atoms with E-state index in [9.17, 15) is 20.0 Å². The average molecular weight is 258 g/mol. The third-order valence-electron chi connectivity index (χ3n) is 2.48. The number of nitrogens with one attached hydrogen (secondary N) is 1. The lowest BCUT2D eigenvalue weighted by Crippen LogP contribution is -2.11. The molecule has 0 aliphatic rings. The quantitative estimate of drug-likeness (QED) is 0.502. The molecule has 6 heteroatoms. The van der Waals surface area contributed by atoms with Crippen LogP contribution in [0.3, 0.4) is 0 Å². The van der Waals surface area contributed by atoms with Crippen molar-refractivity contribution in [2.24, 2.45) is 0 Å². The predicted molar refractivity (Wildman–Crippen MR) is 69.2 cm³/mol. The van der Waals surface area contributed by atoms with Gasteiger partial charge in [0.05, 0.1) is 16.7 Å². The Hall–Kier alpha value is -2.89. The summed E-state index contributed by atoms with van der Waals surface area (Å²) in [6, 6.07) is 11.9. The lowest BCUT2D eigenvalue weighted by molar-refractivity contribution is -0.384. The Labute approximate surface area is 108 Å². The number of nitro groups is 1. The van der Waals surface area contributed by atoms with Crippen molar-refractivity contribution < 1.29 is 14.8 Å². The number of anilines is 1. The topological polar surface area (TPSA) is 92.5 Å². The minimum Gasteiger partial charge on any atom is -0.506 e. The molecule has 0 aliphatic heterocycles. The van der Waals surface area contributed by atoms with E-state index < -0.39 is 10.8 Å². The van der Waals surface area contributed by atoms with E-state index in [4.69, 9.17) is 0 Å². The van der Waals surface area contributed by atoms with Gasteiger partial charge in [-0.05, 0) is 18.2 Å². The highest BCUT2D eigenvalue weighted by molar-refractivity contribution is 6.05. The number of nitro benzene ring substituents is 1. The molecule has 0 radical (unpaired) electrons. The standard InChI is InChI=1S/C13H10N2O4/c16-12-8-10(15(18)19)6-7-11(12)14-13(17)9-4-2-1-3-5-9/h1-8,16H,(H,14,17). The zero-order chi connectivity index (χ0) is 13.8. The van der Waals surface area contributed by atoms with Crippen molar-refractivity contribution in [2.45, 2.75) is 0 Å². The first-order chi connectivity index (χ1) is 9.08. The number of hydrogen-bond donors (Lipinski definition) is 2. The molecule has 2 aromatic rings. The van der Waals surface area contributed by atoms with Crippen molar-refractivity contribution in [2.75, 3.05) is 5.32 Å². The largest absolute Gasteiger partial charge is 0.506 e. The van der Waals surface area contributed by atoms with Crippen molar-refractivity contribution in [3.8, 4) is 5.75 Å². The molecule has 0 spiro atoms. The van der Waals surface area contributed by atoms with Crippen LogP contribution < -0.4 is 5.32 Å². The Morgan fingerprint density at radius 1 is 1.16 bits per heavy atom. The molecule has 0 saturated carbocycles. The minimum absolute atomic E-state index is 0.124. The lowest BCUT2D eigenvalue weighted by atomic mass is 10.2. The van der Waals surface area contributed by atoms with Crippen molar-refractivity contribution in [3.05, 3.63) is 64.2 Å². The molecule has 0 heterocycles. The number of non-ortho nitro benzene ring substituents is 1. The molecule has 0 atom stereocenters. The van der Waals surface area contributed by atoms with Gasteiger partial charge in [-0.15, -0.1) is 0 Å². The van der Waals surface area contributed by atoms with Gasteiger partial charge in [-0.2, -0.15) is 0 Å². The van der Waals surface area contributed by atoms with E-state index in [1.54, 1.807) is 30.3 Å². The molecule has 0 fully saturated rings. The zero-order valence-corrected chi connectivity index (χ0v) is 9.74. The molecule has 0 saturated heterocycles. The molecule has 0 bridgehead atoms. The van der Waals surface area contributed by atoms with E-state index in [0.717, 1.165) is 6.07 Å². The van der Waals surface area contributed by atoms with Crippen LogP contribution in [0.1, 0.15) is 10.4 Å². The smallest absolute Gasteiger partial charge is 0.273 e. The number of benzene rings is 2. The molecule has 6 nitrogen and oxygen atoms in total. The van der Waals surface area contributed by atoms with Crippen molar-refractivity contribution in [3.63, 3.8) is 0 Å². The summed E-state index contributed by atoms with van der Waals surface area (Å²) in [6.45, 7) is 0. The Morgan fingerprint density at radius 2 is 1.84 bits per heavy atom. The fourth-order valence-corrected chi connectivity index (χ4v) is 1.52. The number of phenolic OH excluding ortho intramolecular Hbond substituents is 1. The highest BCUT2D eigenvalue weighted by Crippen LogP contribution is 2.28. The van der Waals surface area contributed by atoms with Crippen LogP contribution in [0.4, 0.5) is 11.4 Å². The molecular weight excluding hydrogens is 248 g/mol. The number of rotatable bonds is 3. The number of phenols is 1. The van der Waals surface area contributed by atoms with Crippen molar-refractivity contribution >= 4 is 17.3 Å². The number of aromatic hydroxyl groups is 1. The summed E-state index contributed by atoms with van der Waals surface area (Å²) in [6.07, 6.45) is 0. The Bertz CT molecular complexity index is 626. The van der Waals surface area contributed by atoms with Crippen molar-refractivity contribution in [1.82, 2.24) is 0 Å². The van der Waals surface area contributed by atoms with Gasteiger partial charge in [-0.3, -0.25) is 14.9 Å². The van der Waals surface area contributed by atoms with E-state index in [1.165, 1.54) is 12.1 Å². The molecule has 1 amide bonds. The summed E-state index contributed by atoms with van der Waals surface area (Å²) in [5.74, 6) is -0.747. The third-order valence-corrected chi connectivity index (χ3v) is 2.48. The third kappa shape index (κ3) is 2.86. The number of carbonyl (C=O) groups excluding carboxylic acids is 1. The molecule has 2 N–H and O–H groups in total. The minimum atomic E-state index is -0.623. The van der Waals surface area contributed by atoms with Gasteiger partial charge in [0.1, 0.15) is 5.75 Å². The SMILES string of the molecule is O=C(Nc1ccc([N+](=O)[O-])cc1O)c1ccccc1. The van der Waals surface area contributed by atoms with E-state index in [2.05, 4.69) is 5.32 Å². The fraction of sp³-hybridized carbons (Fsp3) is 0. The summed E-state index contributed by atoms with van der Waals surface area (Å²) >= 11 is 0. The van der Waals surface area contributed by atoms with Crippen LogP contribution in [0.15, 0.2) is 48.5 Å². The van der Waals surface area contributed by atoms with Gasteiger partial charge in [-0.25, -0.2) is 0 Å². The van der Waals surface area contributed by atoms with Crippen LogP contribution in [0.5, 0.6) is 5.75 Å². The van der Waals surface area contributed by atoms with Crippen molar-refractivity contribution in [1.29, 1.82) is 0 Å². The van der Waals surface area contributed by atoms with Gasteiger partial charge in [0.25, 0.3) is 11.6 Å². The summed E-state index contributed by atoms with van der Waals surface area (Å²) in [5.41, 5.74) is 0.315. The molecule has 96 valence electrons. The molecule has 2 rings (SSSR count). The Morgan fingerprint density at radius 3 is 2.42 bits per heavy atom. The van der Waals surface area contributed by atoms with E-state index >= 15 is 0 Å². The number of carbonyl (C=O) groups is 1. The molecule has 0 aromatic heterocycles. The summed E-state index contributed by atoms with van der Waals surface area (Å²) < 4.78 is 0. The van der Waals surface area contributed by atoms with Crippen LogP contribution in [0, 0.1) is 10.1 Å². The summed E-state index contributed by atoms with van der Waals surface area (Å²) in [7, 11) is 0. The molecule has 19 heavy (non-hydrogen) atoms. The molecule has 2 aromatic carbocycles. The first kappa shape index (κ1) is 12.6. The van der Waals surface area contributed by atoms with Gasteiger partial charge in [-0.1, -0.05) is 18.2 Å². The highest BCUT2D eigenvalue weighted by atomic mass is 16.6. The Kier molecular flexibility index (Phi) is 3.42. The van der Waals surface area contributed by atoms with E-state index in [-0.39, 0.29) is 17.1 Å². The van der Waals surface area contributed by atoms with Crippen LogP contribution in [-0.4, -0.2) is 15.9 Å². The molecule has 0 aliphatic carbocycles. The zero-order valence-electron chi connectivity index (χ0n) is 9.74. The van der Waals surface area contributed by atoms with Crippen LogP contribution in [0.25, 0.3) is 0 Å². The second-order valence-electron chi connectivity index (χ2n) is 3.78. The first-order valence-corrected chi connectivity index (χ1v) is 5.42. The monoisotopic (exact) mass is 258 g/mol. The first-order valence-electron chi connectivity index (χ1n) is 5.42. The second kappa shape index (κ2) is 5.18. The van der Waals surface area contributed by atoms with Gasteiger partial charge in [0.15, 0.2) is 0 Å². The molecule has 0 unspecified atom stereocenters. The van der Waals surface area contributed by atoms with Gasteiger partial charge in [0, 0.05) is 11.6 Å². The second-order valence-corrected chi connectivity index (χ2v) is 3.78. The van der Waals surface area contributed by atoms with Gasteiger partial charge < -0.3 is 10.4 Å². The number of nitrogens with zero attached hydrogens (tertiary/aromatic N) is 1. The Balaban J connectivity index is 2.20. The van der Waals surface area contributed by atoms with Crippen LogP contribution in [0.2, 0.25) is 0 Å². The van der Waals surface area contributed by atoms with Crippen LogP contribution >= 0.6 is 0 Å². The van der Waals surface area contributed by atoms with Gasteiger partial charge in [0.2, 0.25) is 0 Å². The van der Waals surface area contributed by atoms with E-state index in [1.807, 2.05) is 0 Å². The lowest BCUT2D eigenvalue weighted by Gasteiger charge is -2.06. The highest BCUT2D eigenvalue weighted by Gasteiger charge is 2.12. The predicted octanol–water partition coefficient (Wildman–Crippen LogP) is 2.55. The maximum atomic E-state index is 11.8. The number of amides is 1. The van der Waals surface area contributed by atoms with E-state index in [0.29, 0.717) is 5.56 Å². The number of hydrogen-bond acceptors (Lipinski definition) is 4. The summed E-state index contributed by atoms with van der Waals surface area (Å²) in [4.78, 5) is 21.7. The summed E-state index contributed by atoms with van der Waals surface area (Å²) in [5, 5.41) is 22.6. The fourth-order valence-electron chi connectivity index (χ4n) is 1.52. The molecular formula is C13H10N2O4. The maximum absolute atomic E-state index is 11.8. The van der Waals surface area contributed by atoms with Gasteiger partial charge >= 0.3 is 0 Å². The normalized spacial score (nSPS) is 9.89. The average Bonchev–Trinajstić information content (AvgIpc) is 2.41.